The summed E-state index contributed by atoms with van der Waals surface area (Å²) in [5.41, 5.74) is -2.86. The van der Waals surface area contributed by atoms with Crippen LogP contribution in [0.4, 0.5) is 13.2 Å². The minimum absolute atomic E-state index is 1.69. The number of rotatable bonds is 0. The molecule has 0 unspecified atom stereocenters. The molecule has 1 rings (SSSR count). The fourth-order valence-electron chi connectivity index (χ4n) is 0.342. The van der Waals surface area contributed by atoms with Crippen LogP contribution in [0.25, 0.3) is 0 Å². The minimum Gasteiger partial charge on any atom is -0.286 e. The highest BCUT2D eigenvalue weighted by Crippen LogP contribution is 2.20. The third-order valence-corrected chi connectivity index (χ3v) is 1.51. The number of allylic oxidation sites excluding steroid dienone is 3. The smallest absolute Gasteiger partial charge is 0.286 e. The lowest BCUT2D eigenvalue weighted by Gasteiger charge is -1.97. The molecule has 0 saturated heterocycles. The van der Waals surface area contributed by atoms with E-state index in [-0.39, 0.29) is 0 Å². The molecule has 5 nitrogen and oxygen atoms in total. The highest BCUT2D eigenvalue weighted by molar-refractivity contribution is 7.86. The summed E-state index contributed by atoms with van der Waals surface area (Å²) in [7, 11) is -5.84. The molecule has 0 aromatic heterocycles. The van der Waals surface area contributed by atoms with E-state index in [1.165, 1.54) is 0 Å². The lowest BCUT2D eigenvalue weighted by atomic mass is 10.5. The van der Waals surface area contributed by atoms with Gasteiger partial charge in [0.15, 0.2) is 0 Å². The minimum atomic E-state index is -5.84. The molecule has 0 amide bonds. The van der Waals surface area contributed by atoms with Crippen LogP contribution in [-0.4, -0.2) is 24.7 Å². The zero-order valence-electron chi connectivity index (χ0n) is 7.14. The fraction of sp³-hybridized carbons (Fsp3) is 0.167. The van der Waals surface area contributed by atoms with Crippen molar-refractivity contribution in [3.8, 4) is 0 Å². The Balaban J connectivity index is 0.000000262. The van der Waals surface area contributed by atoms with Gasteiger partial charge in [-0.15, -0.1) is 0 Å². The molecule has 0 fully saturated rings. The lowest BCUT2D eigenvalue weighted by Crippen LogP contribution is -2.21. The van der Waals surface area contributed by atoms with Gasteiger partial charge in [-0.2, -0.15) is 26.7 Å². The normalized spacial score (nSPS) is 14.9. The predicted molar refractivity (Wildman–Crippen MR) is 47.5 cm³/mol. The molecule has 1 aliphatic rings. The second kappa shape index (κ2) is 5.51. The standard InChI is InChI=1S/C5H6N2.CHF3O3S/c1-2-4-6-7-5-3-1;2-1(3,4)8(5,6)7/h1-6H;(H,5,6,7). The lowest BCUT2D eigenvalue weighted by molar-refractivity contribution is -0.0510. The van der Waals surface area contributed by atoms with Crippen molar-refractivity contribution in [1.29, 1.82) is 0 Å². The molecule has 0 aromatic rings. The van der Waals surface area contributed by atoms with Gasteiger partial charge in [0.25, 0.3) is 0 Å². The molecule has 86 valence electrons. The molecule has 0 spiro atoms. The molecule has 0 aromatic carbocycles. The summed E-state index contributed by atoms with van der Waals surface area (Å²) >= 11 is 0. The van der Waals surface area contributed by atoms with Crippen molar-refractivity contribution in [3.05, 3.63) is 24.4 Å². The highest BCUT2D eigenvalue weighted by atomic mass is 32.2. The Hall–Kier alpha value is -1.35. The van der Waals surface area contributed by atoms with E-state index in [0.717, 1.165) is 0 Å². The first kappa shape index (κ1) is 13.7. The fourth-order valence-corrected chi connectivity index (χ4v) is 0.342. The Morgan fingerprint density at radius 2 is 1.73 bits per heavy atom. The van der Waals surface area contributed by atoms with Crippen LogP contribution in [0.1, 0.15) is 0 Å². The van der Waals surface area contributed by atoms with E-state index in [4.69, 9.17) is 13.0 Å². The third kappa shape index (κ3) is 6.69. The van der Waals surface area contributed by atoms with Crippen molar-refractivity contribution in [1.82, 2.24) is 5.43 Å². The molecule has 0 saturated carbocycles. The largest absolute Gasteiger partial charge is 0.522 e. The van der Waals surface area contributed by atoms with Crippen molar-refractivity contribution < 1.29 is 26.1 Å². The van der Waals surface area contributed by atoms with Crippen molar-refractivity contribution in [2.24, 2.45) is 5.10 Å². The summed E-state index contributed by atoms with van der Waals surface area (Å²) in [6, 6.07) is 0. The molecule has 0 radical (unpaired) electrons. The number of hydrazone groups is 1. The summed E-state index contributed by atoms with van der Waals surface area (Å²) in [4.78, 5) is 0. The summed E-state index contributed by atoms with van der Waals surface area (Å²) in [6.07, 6.45) is 9.10. The number of halogens is 3. The SMILES string of the molecule is C1=CC=NNC=C1.O=S(=O)(O)C(F)(F)F. The average molecular weight is 244 g/mol. The maximum atomic E-state index is 10.7. The topological polar surface area (TPSA) is 78.8 Å². The van der Waals surface area contributed by atoms with Gasteiger partial charge < -0.3 is 0 Å². The molecule has 15 heavy (non-hydrogen) atoms. The van der Waals surface area contributed by atoms with Gasteiger partial charge in [-0.05, 0) is 12.2 Å². The Morgan fingerprint density at radius 3 is 2.20 bits per heavy atom. The van der Waals surface area contributed by atoms with Crippen molar-refractivity contribution in [2.45, 2.75) is 5.51 Å². The number of nitrogens with one attached hydrogen (secondary N) is 1. The molecule has 0 bridgehead atoms. The zero-order valence-corrected chi connectivity index (χ0v) is 7.96. The first-order valence-electron chi connectivity index (χ1n) is 3.39. The van der Waals surface area contributed by atoms with E-state index in [0.29, 0.717) is 0 Å². The highest BCUT2D eigenvalue weighted by Gasteiger charge is 2.44. The first-order chi connectivity index (χ1) is 6.75. The van der Waals surface area contributed by atoms with E-state index in [1.54, 1.807) is 12.4 Å². The zero-order chi connectivity index (χ0) is 11.9. The molecule has 2 N–H and O–H groups in total. The second-order valence-electron chi connectivity index (χ2n) is 2.07. The van der Waals surface area contributed by atoms with E-state index in [2.05, 4.69) is 10.5 Å². The number of nitrogens with zero attached hydrogens (tertiary/aromatic N) is 1. The number of hydrogen-bond donors (Lipinski definition) is 2. The molecule has 1 heterocycles. The Bertz CT molecular complexity index is 356. The van der Waals surface area contributed by atoms with Crippen LogP contribution >= 0.6 is 0 Å². The van der Waals surface area contributed by atoms with Crippen LogP contribution < -0.4 is 5.43 Å². The van der Waals surface area contributed by atoms with Crippen molar-refractivity contribution in [3.63, 3.8) is 0 Å². The van der Waals surface area contributed by atoms with Gasteiger partial charge >= 0.3 is 15.6 Å². The van der Waals surface area contributed by atoms with Crippen molar-refractivity contribution >= 4 is 16.3 Å². The maximum Gasteiger partial charge on any atom is 0.522 e. The summed E-state index contributed by atoms with van der Waals surface area (Å²) in [6.45, 7) is 0. The Kier molecular flexibility index (Phi) is 5.02. The number of alkyl halides is 3. The first-order valence-corrected chi connectivity index (χ1v) is 4.83. The van der Waals surface area contributed by atoms with Gasteiger partial charge in [-0.3, -0.25) is 9.98 Å². The molecule has 0 atom stereocenters. The monoisotopic (exact) mass is 244 g/mol. The molecule has 9 heteroatoms. The van der Waals surface area contributed by atoms with Crippen LogP contribution in [0.15, 0.2) is 29.5 Å². The van der Waals surface area contributed by atoms with E-state index < -0.39 is 15.6 Å². The Morgan fingerprint density at radius 1 is 1.20 bits per heavy atom. The van der Waals surface area contributed by atoms with Crippen LogP contribution in [0.3, 0.4) is 0 Å². The van der Waals surface area contributed by atoms with Gasteiger partial charge in [0.1, 0.15) is 0 Å². The van der Waals surface area contributed by atoms with Gasteiger partial charge in [-0.1, -0.05) is 6.08 Å². The third-order valence-electron chi connectivity index (χ3n) is 0.921. The van der Waals surface area contributed by atoms with Crippen LogP contribution in [0.5, 0.6) is 0 Å². The summed E-state index contributed by atoms with van der Waals surface area (Å²) in [5.74, 6) is 0. The second-order valence-corrected chi connectivity index (χ2v) is 3.49. The quantitative estimate of drug-likeness (QED) is 0.493. The Labute approximate surface area is 83.7 Å². The predicted octanol–water partition coefficient (Wildman–Crippen LogP) is 1.04. The summed E-state index contributed by atoms with van der Waals surface area (Å²) in [5, 5.41) is 3.72. The molecular formula is C6H7F3N2O3S. The molecule has 0 aliphatic carbocycles. The molecular weight excluding hydrogens is 237 g/mol. The van der Waals surface area contributed by atoms with Crippen LogP contribution in [-0.2, 0) is 10.1 Å². The van der Waals surface area contributed by atoms with E-state index >= 15 is 0 Å². The summed E-state index contributed by atoms with van der Waals surface area (Å²) < 4.78 is 57.5. The van der Waals surface area contributed by atoms with Gasteiger partial charge in [-0.25, -0.2) is 0 Å². The van der Waals surface area contributed by atoms with Gasteiger partial charge in [0.05, 0.1) is 0 Å². The molecule has 1 aliphatic heterocycles. The van der Waals surface area contributed by atoms with Crippen LogP contribution in [0.2, 0.25) is 0 Å². The number of hydrogen-bond acceptors (Lipinski definition) is 4. The van der Waals surface area contributed by atoms with E-state index in [9.17, 15) is 13.2 Å². The van der Waals surface area contributed by atoms with Crippen molar-refractivity contribution in [2.75, 3.05) is 0 Å². The van der Waals surface area contributed by atoms with Gasteiger partial charge in [0.2, 0.25) is 0 Å². The van der Waals surface area contributed by atoms with E-state index in [1.807, 2.05) is 18.2 Å². The average Bonchev–Trinajstić information content (AvgIpc) is 2.30. The maximum absolute atomic E-state index is 10.7. The van der Waals surface area contributed by atoms with Gasteiger partial charge in [0, 0.05) is 12.4 Å². The van der Waals surface area contributed by atoms with Crippen LogP contribution in [0, 0.1) is 0 Å².